The zero-order chi connectivity index (χ0) is 30.9. The van der Waals surface area contributed by atoms with Gasteiger partial charge in [0.15, 0.2) is 0 Å². The maximum Gasteiger partial charge on any atom is 0.119 e. The Labute approximate surface area is 250 Å². The van der Waals surface area contributed by atoms with E-state index in [0.29, 0.717) is 17.6 Å². The Morgan fingerprint density at radius 2 is 0.829 bits per heavy atom. The fourth-order valence-electron chi connectivity index (χ4n) is 3.40. The van der Waals surface area contributed by atoms with Crippen LogP contribution in [0.5, 0.6) is 11.5 Å². The lowest BCUT2D eigenvalue weighted by Crippen LogP contribution is -1.83. The summed E-state index contributed by atoms with van der Waals surface area (Å²) < 4.78 is 5.12. The minimum atomic E-state index is 0.322. The Bertz CT molecular complexity index is 1200. The quantitative estimate of drug-likeness (QED) is 0.241. The molecule has 0 amide bonds. The third-order valence-electron chi connectivity index (χ3n) is 5.65. The number of ether oxygens (including phenoxy) is 1. The summed E-state index contributed by atoms with van der Waals surface area (Å²) in [4.78, 5) is 0. The number of methoxy groups -OCH3 is 1. The Morgan fingerprint density at radius 3 is 1.15 bits per heavy atom. The normalized spacial score (nSPS) is 9.15. The summed E-state index contributed by atoms with van der Waals surface area (Å²) in [6.07, 6.45) is 0. The fourth-order valence-corrected chi connectivity index (χ4v) is 3.40. The number of phenolic OH excluding ortho intramolecular Hbond substituents is 1. The number of rotatable bonds is 3. The molecular weight excluding hydrogens is 500 g/mol. The third-order valence-corrected chi connectivity index (χ3v) is 5.65. The second-order valence-corrected chi connectivity index (χ2v) is 9.18. The van der Waals surface area contributed by atoms with Crippen LogP contribution < -0.4 is 4.74 Å². The van der Waals surface area contributed by atoms with E-state index in [1.165, 1.54) is 21.9 Å². The highest BCUT2D eigenvalue weighted by Gasteiger charge is 1.95. The molecule has 2 nitrogen and oxygen atoms in total. The molecule has 0 fully saturated rings. The number of hydrogen-bond donors (Lipinski definition) is 1. The van der Waals surface area contributed by atoms with Crippen molar-refractivity contribution in [1.29, 1.82) is 0 Å². The number of fused-ring (bicyclic) bond motifs is 1. The van der Waals surface area contributed by atoms with Crippen LogP contribution >= 0.6 is 0 Å². The minimum absolute atomic E-state index is 0.322. The predicted octanol–water partition coefficient (Wildman–Crippen LogP) is 11.9. The van der Waals surface area contributed by atoms with Crippen LogP contribution in [0, 0.1) is 0 Å². The molecule has 1 N–H and O–H groups in total. The summed E-state index contributed by atoms with van der Waals surface area (Å²) in [5.41, 5.74) is 2.83. The molecule has 5 rings (SSSR count). The maximum atomic E-state index is 8.63. The highest BCUT2D eigenvalue weighted by atomic mass is 16.5. The van der Waals surface area contributed by atoms with Crippen molar-refractivity contribution in [3.05, 3.63) is 145 Å². The SMILES string of the molecule is CC.CC.CC(C)c1ccccc1.CC(C)c1ccccc1.COc1ccc2ccccc2c1.Oc1ccccc1. The lowest BCUT2D eigenvalue weighted by atomic mass is 10.0. The van der Waals surface area contributed by atoms with E-state index in [1.807, 2.05) is 70.2 Å². The molecule has 0 aliphatic heterocycles. The fraction of sp³-hybridized carbons (Fsp3) is 0.282. The standard InChI is InChI=1S/C11H10O.2C9H12.C6H6O.2C2H6/c1-12-11-7-6-9-4-2-3-5-10(9)8-11;2*1-8(2)9-6-4-3-5-7-9;7-6-4-2-1-3-5-6;2*1-2/h2-8H,1H3;2*3-8H,1-2H3;1-5,7H;2*1-2H3. The van der Waals surface area contributed by atoms with Gasteiger partial charge in [-0.25, -0.2) is 0 Å². The van der Waals surface area contributed by atoms with Crippen molar-refractivity contribution in [2.75, 3.05) is 7.11 Å². The number of hydrogen-bond acceptors (Lipinski definition) is 2. The van der Waals surface area contributed by atoms with E-state index >= 15 is 0 Å². The minimum Gasteiger partial charge on any atom is -0.508 e. The molecule has 5 aromatic carbocycles. The van der Waals surface area contributed by atoms with Crippen LogP contribution in [0.25, 0.3) is 10.8 Å². The summed E-state index contributed by atoms with van der Waals surface area (Å²) in [5.74, 6) is 2.55. The predicted molar refractivity (Wildman–Crippen MR) is 182 cm³/mol. The first kappa shape index (κ1) is 37.0. The van der Waals surface area contributed by atoms with Crippen molar-refractivity contribution >= 4 is 10.8 Å². The molecule has 0 saturated heterocycles. The molecule has 0 saturated carbocycles. The largest absolute Gasteiger partial charge is 0.508 e. The van der Waals surface area contributed by atoms with Gasteiger partial charge >= 0.3 is 0 Å². The van der Waals surface area contributed by atoms with Gasteiger partial charge in [-0.1, -0.05) is 165 Å². The first-order chi connectivity index (χ1) is 19.9. The van der Waals surface area contributed by atoms with E-state index in [0.717, 1.165) is 5.75 Å². The summed E-state index contributed by atoms with van der Waals surface area (Å²) >= 11 is 0. The Balaban J connectivity index is 0.000000507. The zero-order valence-corrected chi connectivity index (χ0v) is 26.7. The van der Waals surface area contributed by atoms with Crippen LogP contribution in [0.1, 0.15) is 78.4 Å². The molecule has 2 heteroatoms. The van der Waals surface area contributed by atoms with Crippen LogP contribution in [-0.2, 0) is 0 Å². The molecule has 0 bridgehead atoms. The third kappa shape index (κ3) is 16.6. The van der Waals surface area contributed by atoms with Crippen LogP contribution in [0.15, 0.2) is 133 Å². The topological polar surface area (TPSA) is 29.5 Å². The van der Waals surface area contributed by atoms with Gasteiger partial charge in [-0.3, -0.25) is 0 Å². The molecule has 0 heterocycles. The van der Waals surface area contributed by atoms with Crippen molar-refractivity contribution in [2.45, 2.75) is 67.2 Å². The molecule has 0 radical (unpaired) electrons. The number of benzene rings is 5. The summed E-state index contributed by atoms with van der Waals surface area (Å²) in [6.45, 7) is 16.8. The Hall–Kier alpha value is -4.04. The highest BCUT2D eigenvalue weighted by Crippen LogP contribution is 2.19. The molecule has 220 valence electrons. The van der Waals surface area contributed by atoms with Crippen molar-refractivity contribution < 1.29 is 9.84 Å². The smallest absolute Gasteiger partial charge is 0.119 e. The first-order valence-electron chi connectivity index (χ1n) is 14.8. The van der Waals surface area contributed by atoms with Gasteiger partial charge in [0.1, 0.15) is 11.5 Å². The van der Waals surface area contributed by atoms with Crippen LogP contribution in [-0.4, -0.2) is 12.2 Å². The number of phenols is 1. The maximum absolute atomic E-state index is 8.63. The second-order valence-electron chi connectivity index (χ2n) is 9.18. The second kappa shape index (κ2) is 23.8. The molecule has 0 aromatic heterocycles. The van der Waals surface area contributed by atoms with E-state index in [4.69, 9.17) is 9.84 Å². The molecule has 0 aliphatic rings. The number of aromatic hydroxyl groups is 1. The molecule has 5 aromatic rings. The van der Waals surface area contributed by atoms with Crippen molar-refractivity contribution in [2.24, 2.45) is 0 Å². The first-order valence-corrected chi connectivity index (χ1v) is 14.8. The molecule has 0 aliphatic carbocycles. The van der Waals surface area contributed by atoms with Gasteiger partial charge < -0.3 is 9.84 Å². The van der Waals surface area contributed by atoms with E-state index < -0.39 is 0 Å². The van der Waals surface area contributed by atoms with Gasteiger partial charge in [0.25, 0.3) is 0 Å². The van der Waals surface area contributed by atoms with Gasteiger partial charge in [0.2, 0.25) is 0 Å². The number of para-hydroxylation sites is 1. The summed E-state index contributed by atoms with van der Waals surface area (Å²) in [6, 6.07) is 44.1. The van der Waals surface area contributed by atoms with Crippen molar-refractivity contribution in [3.63, 3.8) is 0 Å². The molecule has 0 atom stereocenters. The van der Waals surface area contributed by atoms with Gasteiger partial charge in [0, 0.05) is 0 Å². The highest BCUT2D eigenvalue weighted by molar-refractivity contribution is 5.83. The van der Waals surface area contributed by atoms with Crippen LogP contribution in [0.4, 0.5) is 0 Å². The van der Waals surface area contributed by atoms with E-state index in [-0.39, 0.29) is 0 Å². The average molecular weight is 553 g/mol. The average Bonchev–Trinajstić information content (AvgIpc) is 3.05. The summed E-state index contributed by atoms with van der Waals surface area (Å²) in [7, 11) is 1.68. The van der Waals surface area contributed by atoms with E-state index in [1.54, 1.807) is 31.4 Å². The molecular formula is C39H52O2. The molecule has 0 unspecified atom stereocenters. The van der Waals surface area contributed by atoms with Crippen molar-refractivity contribution in [3.8, 4) is 11.5 Å². The van der Waals surface area contributed by atoms with E-state index in [2.05, 4.69) is 94.4 Å². The molecule has 41 heavy (non-hydrogen) atoms. The van der Waals surface area contributed by atoms with Gasteiger partial charge in [0.05, 0.1) is 7.11 Å². The van der Waals surface area contributed by atoms with Gasteiger partial charge in [-0.05, 0) is 58.0 Å². The van der Waals surface area contributed by atoms with Crippen LogP contribution in [0.3, 0.4) is 0 Å². The Morgan fingerprint density at radius 1 is 0.463 bits per heavy atom. The summed E-state index contributed by atoms with van der Waals surface area (Å²) in [5, 5.41) is 11.1. The lowest BCUT2D eigenvalue weighted by molar-refractivity contribution is 0.415. The lowest BCUT2D eigenvalue weighted by Gasteiger charge is -2.01. The van der Waals surface area contributed by atoms with E-state index in [9.17, 15) is 0 Å². The molecule has 0 spiro atoms. The Kier molecular flexibility index (Phi) is 21.5. The van der Waals surface area contributed by atoms with Gasteiger partial charge in [-0.2, -0.15) is 0 Å². The van der Waals surface area contributed by atoms with Gasteiger partial charge in [-0.15, -0.1) is 0 Å². The van der Waals surface area contributed by atoms with Crippen LogP contribution in [0.2, 0.25) is 0 Å². The monoisotopic (exact) mass is 552 g/mol. The van der Waals surface area contributed by atoms with Crippen molar-refractivity contribution in [1.82, 2.24) is 0 Å². The zero-order valence-electron chi connectivity index (χ0n) is 26.7.